The summed E-state index contributed by atoms with van der Waals surface area (Å²) in [4.78, 5) is 78.9. The Morgan fingerprint density at radius 1 is 0.644 bits per heavy atom. The van der Waals surface area contributed by atoms with Gasteiger partial charge in [-0.3, -0.25) is 34.6 Å². The summed E-state index contributed by atoms with van der Waals surface area (Å²) in [7, 11) is 1.64. The molecule has 6 aromatic carbocycles. The summed E-state index contributed by atoms with van der Waals surface area (Å²) in [5.41, 5.74) is 6.43. The fourth-order valence-corrected chi connectivity index (χ4v) is 17.4. The molecule has 0 saturated heterocycles. The maximum Gasteiger partial charge on any atom is 0.514 e. The summed E-state index contributed by atoms with van der Waals surface area (Å²) in [6.07, 6.45) is 18.0. The van der Waals surface area contributed by atoms with Gasteiger partial charge in [-0.15, -0.1) is 0 Å². The van der Waals surface area contributed by atoms with Gasteiger partial charge in [0.1, 0.15) is 24.1 Å². The van der Waals surface area contributed by atoms with E-state index in [1.807, 2.05) is 78.9 Å². The number of carbonyl (C=O) groups is 5. The third-order valence-corrected chi connectivity index (χ3v) is 22.7. The Bertz CT molecular complexity index is 3660. The van der Waals surface area contributed by atoms with Crippen LogP contribution in [0.2, 0.25) is 0 Å². The van der Waals surface area contributed by atoms with Crippen LogP contribution in [-0.4, -0.2) is 79.7 Å². The Kier molecular flexibility index (Phi) is 26.6. The zero-order chi connectivity index (χ0) is 71.4. The van der Waals surface area contributed by atoms with Crippen LogP contribution >= 0.6 is 0 Å². The van der Waals surface area contributed by atoms with Gasteiger partial charge in [-0.1, -0.05) is 181 Å². The minimum absolute atomic E-state index is 0.0215. The van der Waals surface area contributed by atoms with Gasteiger partial charge in [0.15, 0.2) is 0 Å². The van der Waals surface area contributed by atoms with Crippen molar-refractivity contribution in [2.24, 2.45) is 46.3 Å². The van der Waals surface area contributed by atoms with E-state index in [2.05, 4.69) is 104 Å². The minimum atomic E-state index is -1.01. The number of nitro benzene ring substituents is 1. The molecule has 0 heterocycles. The molecule has 4 aliphatic carbocycles. The van der Waals surface area contributed by atoms with E-state index in [1.165, 1.54) is 82.1 Å². The fourth-order valence-electron chi connectivity index (χ4n) is 17.4. The fraction of sp³-hybridized carbons (Fsp3) is 0.488. The van der Waals surface area contributed by atoms with Gasteiger partial charge in [-0.25, -0.2) is 4.79 Å². The Morgan fingerprint density at radius 3 is 1.98 bits per heavy atom. The number of unbranched alkanes of at least 4 members (excludes halogenated alkanes) is 1. The highest BCUT2D eigenvalue weighted by atomic mass is 16.7. The summed E-state index contributed by atoms with van der Waals surface area (Å²) in [5.74, 6) is 4.16. The molecule has 10 rings (SSSR count). The Balaban J connectivity index is 0.722. The number of hydrogen-bond donors (Lipinski definition) is 5. The number of hydrogen-bond acceptors (Lipinski definition) is 12. The van der Waals surface area contributed by atoms with Gasteiger partial charge in [0.25, 0.3) is 5.69 Å². The van der Waals surface area contributed by atoms with Crippen LogP contribution in [-0.2, 0) is 47.2 Å². The van der Waals surface area contributed by atoms with Crippen LogP contribution in [0.3, 0.4) is 0 Å². The van der Waals surface area contributed by atoms with E-state index in [9.17, 15) is 34.1 Å². The molecule has 4 aliphatic rings. The van der Waals surface area contributed by atoms with E-state index in [-0.39, 0.29) is 67.1 Å². The molecular formula is C84H106N6O11. The molecule has 0 aliphatic heterocycles. The summed E-state index contributed by atoms with van der Waals surface area (Å²) < 4.78 is 22.6. The van der Waals surface area contributed by atoms with Crippen molar-refractivity contribution in [1.29, 1.82) is 0 Å². The standard InChI is InChI=1S/C84H106N6O11/c1-58(2)20-18-21-59(3)73-43-44-74-72-42-33-65-55-71(47-49-82(65,4)75(72)48-50-83(73,74)5)99-53-19-51-85-77(91)45-46-78(92)87-67(54-60-22-10-7-11-23-60)56-79(93)89-76(80(94)88-66-34-29-61(30-35-66)57-100-81(95)101-70-40-36-68(37-41-70)90(96)97)28-16-17-52-86-84(62-24-12-8-13-25-62,63-26-14-9-15-27-63)64-31-38-69(98-6)39-32-64/h7-15,22-27,29-41,58-59,67,71-76,86H,16-21,28,42-57H2,1-6H3,(H,85,91)(H,87,92)(H,88,94)(H,89,93)/t59-,67+,71+,72+,73-,74+,75+,76+,82+,83-/m1/s1. The molecule has 0 aromatic heterocycles. The van der Waals surface area contributed by atoms with Crippen LogP contribution in [0, 0.1) is 56.5 Å². The molecular weight excluding hydrogens is 1270 g/mol. The number of allylic oxidation sites excluding steroid dienone is 1. The first kappa shape index (κ1) is 75.0. The van der Waals surface area contributed by atoms with Gasteiger partial charge in [-0.2, -0.15) is 0 Å². The summed E-state index contributed by atoms with van der Waals surface area (Å²) in [5, 5.41) is 27.0. The van der Waals surface area contributed by atoms with Crippen LogP contribution in [0.5, 0.6) is 11.5 Å². The molecule has 5 N–H and O–H groups in total. The zero-order valence-electron chi connectivity index (χ0n) is 60.1. The number of non-ortho nitro benzene ring substituents is 1. The molecule has 0 bridgehead atoms. The summed E-state index contributed by atoms with van der Waals surface area (Å²) in [6.45, 7) is 13.9. The highest BCUT2D eigenvalue weighted by Gasteiger charge is 2.59. The number of rotatable bonds is 35. The van der Waals surface area contributed by atoms with Crippen molar-refractivity contribution in [3.8, 4) is 11.5 Å². The lowest BCUT2D eigenvalue weighted by atomic mass is 9.47. The highest BCUT2D eigenvalue weighted by Crippen LogP contribution is 2.67. The molecule has 0 radical (unpaired) electrons. The van der Waals surface area contributed by atoms with E-state index < -0.39 is 40.5 Å². The second-order valence-electron chi connectivity index (χ2n) is 29.7. The lowest BCUT2D eigenvalue weighted by Gasteiger charge is -2.58. The average Bonchev–Trinajstić information content (AvgIpc) is 1.69. The largest absolute Gasteiger partial charge is 0.514 e. The molecule has 6 aromatic rings. The Hall–Kier alpha value is -8.67. The van der Waals surface area contributed by atoms with Crippen LogP contribution < -0.4 is 36.1 Å². The van der Waals surface area contributed by atoms with Crippen LogP contribution in [0.1, 0.15) is 178 Å². The second-order valence-corrected chi connectivity index (χ2v) is 29.7. The van der Waals surface area contributed by atoms with Crippen molar-refractivity contribution in [2.45, 2.75) is 187 Å². The number of carbonyl (C=O) groups excluding carboxylic acids is 5. The van der Waals surface area contributed by atoms with E-state index >= 15 is 0 Å². The van der Waals surface area contributed by atoms with Crippen molar-refractivity contribution in [1.82, 2.24) is 21.3 Å². The SMILES string of the molecule is COc1ccc(C(NCCCC[C@H](NC(=O)C[C@H](Cc2ccccc2)NC(=O)CCC(=O)NCCCO[C@H]2CC[C@@]3(C)C(=CC[C@H]4[C@@H]5CC[C@H]([C@H](C)CCCC(C)C)[C@@]5(C)CC[C@@H]43)C2)C(=O)Nc2ccc(COC(=O)Oc3ccc([N+](=O)[O-])cc3)cc2)(c2ccccc2)c2ccccc2)cc1. The summed E-state index contributed by atoms with van der Waals surface area (Å²) >= 11 is 0. The number of methoxy groups -OCH3 is 1. The molecule has 101 heavy (non-hydrogen) atoms. The summed E-state index contributed by atoms with van der Waals surface area (Å²) in [6, 6.07) is 48.1. The van der Waals surface area contributed by atoms with Gasteiger partial charge in [-0.05, 0) is 201 Å². The lowest BCUT2D eigenvalue weighted by Crippen LogP contribution is -2.51. The molecule has 17 nitrogen and oxygen atoms in total. The van der Waals surface area contributed by atoms with Gasteiger partial charge >= 0.3 is 6.16 Å². The molecule has 17 heteroatoms. The van der Waals surface area contributed by atoms with Gasteiger partial charge in [0, 0.05) is 56.3 Å². The number of nitrogens with zero attached hydrogens (tertiary/aromatic N) is 1. The van der Waals surface area contributed by atoms with Crippen LogP contribution in [0.4, 0.5) is 16.2 Å². The first-order valence-electron chi connectivity index (χ1n) is 37.0. The first-order chi connectivity index (χ1) is 48.8. The van der Waals surface area contributed by atoms with Crippen LogP contribution in [0.25, 0.3) is 0 Å². The predicted molar refractivity (Wildman–Crippen MR) is 395 cm³/mol. The number of benzene rings is 6. The van der Waals surface area contributed by atoms with E-state index in [0.29, 0.717) is 62.0 Å². The molecule has 3 saturated carbocycles. The molecule has 538 valence electrons. The van der Waals surface area contributed by atoms with Crippen molar-refractivity contribution in [3.63, 3.8) is 0 Å². The van der Waals surface area contributed by atoms with Crippen molar-refractivity contribution < 1.29 is 47.8 Å². The molecule has 3 fully saturated rings. The maximum atomic E-state index is 14.5. The quantitative estimate of drug-likeness (QED) is 0.00476. The van der Waals surface area contributed by atoms with Crippen molar-refractivity contribution in [3.05, 3.63) is 213 Å². The van der Waals surface area contributed by atoms with Gasteiger partial charge < -0.3 is 40.2 Å². The predicted octanol–water partition coefficient (Wildman–Crippen LogP) is 16.3. The highest BCUT2D eigenvalue weighted by molar-refractivity contribution is 5.97. The van der Waals surface area contributed by atoms with Crippen molar-refractivity contribution in [2.75, 3.05) is 32.1 Å². The average molecular weight is 1380 g/mol. The number of amides is 4. The van der Waals surface area contributed by atoms with Gasteiger partial charge in [0.05, 0.1) is 23.7 Å². The first-order valence-corrected chi connectivity index (χ1v) is 37.0. The zero-order valence-corrected chi connectivity index (χ0v) is 60.1. The smallest absolute Gasteiger partial charge is 0.497 e. The second kappa shape index (κ2) is 35.8. The minimum Gasteiger partial charge on any atom is -0.497 e. The maximum absolute atomic E-state index is 14.5. The molecule has 0 unspecified atom stereocenters. The third kappa shape index (κ3) is 19.7. The van der Waals surface area contributed by atoms with E-state index in [1.54, 1.807) is 36.9 Å². The number of ether oxygens (including phenoxy) is 4. The van der Waals surface area contributed by atoms with Crippen molar-refractivity contribution >= 4 is 41.2 Å². The number of nitro groups is 1. The Labute approximate surface area is 597 Å². The number of fused-ring (bicyclic) bond motifs is 5. The lowest BCUT2D eigenvalue weighted by molar-refractivity contribution is -0.384. The van der Waals surface area contributed by atoms with Gasteiger partial charge in [0.2, 0.25) is 23.6 Å². The molecule has 0 spiro atoms. The monoisotopic (exact) mass is 1370 g/mol. The molecule has 4 amide bonds. The van der Waals surface area contributed by atoms with Crippen LogP contribution in [0.15, 0.2) is 175 Å². The number of nitrogens with one attached hydrogen (secondary N) is 5. The normalized spacial score (nSPS) is 21.6. The number of anilines is 1. The van der Waals surface area contributed by atoms with E-state index in [4.69, 9.17) is 18.9 Å². The molecule has 10 atom stereocenters. The van der Waals surface area contributed by atoms with E-state index in [0.717, 1.165) is 76.4 Å². The topological polar surface area (TPSA) is 226 Å². The Morgan fingerprint density at radius 2 is 1.31 bits per heavy atom. The third-order valence-electron chi connectivity index (χ3n) is 22.7.